The third-order valence-electron chi connectivity index (χ3n) is 4.94. The van der Waals surface area contributed by atoms with Crippen molar-refractivity contribution in [2.75, 3.05) is 5.32 Å². The van der Waals surface area contributed by atoms with Gasteiger partial charge in [-0.2, -0.15) is 10.4 Å². The number of anilines is 1. The summed E-state index contributed by atoms with van der Waals surface area (Å²) in [5.74, 6) is -0.476. The van der Waals surface area contributed by atoms with E-state index in [-0.39, 0.29) is 5.57 Å². The highest BCUT2D eigenvalue weighted by atomic mass is 35.5. The van der Waals surface area contributed by atoms with Gasteiger partial charge in [0.15, 0.2) is 0 Å². The number of aryl methyl sites for hydroxylation is 1. The quantitative estimate of drug-likeness (QED) is 0.304. The van der Waals surface area contributed by atoms with Crippen molar-refractivity contribution in [1.82, 2.24) is 9.78 Å². The number of nitriles is 1. The van der Waals surface area contributed by atoms with Crippen LogP contribution in [-0.4, -0.2) is 15.7 Å². The number of aromatic nitrogens is 2. The van der Waals surface area contributed by atoms with Gasteiger partial charge in [-0.3, -0.25) is 4.79 Å². The summed E-state index contributed by atoms with van der Waals surface area (Å²) in [7, 11) is 0. The van der Waals surface area contributed by atoms with Gasteiger partial charge in [-0.1, -0.05) is 60.1 Å². The van der Waals surface area contributed by atoms with Crippen LogP contribution in [0.15, 0.2) is 90.6 Å². The van der Waals surface area contributed by atoms with Crippen LogP contribution in [0, 0.1) is 18.3 Å². The minimum atomic E-state index is -0.476. The fourth-order valence-electron chi connectivity index (χ4n) is 3.24. The molecule has 0 fully saturated rings. The maximum Gasteiger partial charge on any atom is 0.266 e. The molecule has 1 aromatic heterocycles. The fraction of sp³-hybridized carbons (Fsp3) is 0.0385. The van der Waals surface area contributed by atoms with Crippen LogP contribution in [0.1, 0.15) is 11.1 Å². The Hall–Kier alpha value is -4.14. The molecular weight excluding hydrogens is 420 g/mol. The third-order valence-corrected chi connectivity index (χ3v) is 5.19. The standard InChI is InChI=1S/C26H19ClN4O/c1-18-7-5-6-10-24(18)29-26(32)20(16-28)15-21-17-31(23-8-3-2-4-9-23)30-25(21)19-11-13-22(27)14-12-19/h2-15,17H,1H3,(H,29,32). The molecule has 5 nitrogen and oxygen atoms in total. The van der Waals surface area contributed by atoms with Gasteiger partial charge in [-0.05, 0) is 48.9 Å². The molecular formula is C26H19ClN4O. The summed E-state index contributed by atoms with van der Waals surface area (Å²) in [6, 6.07) is 26.4. The average Bonchev–Trinajstić information content (AvgIpc) is 3.24. The van der Waals surface area contributed by atoms with Gasteiger partial charge in [0.25, 0.3) is 5.91 Å². The van der Waals surface area contributed by atoms with Crippen LogP contribution in [0.4, 0.5) is 5.69 Å². The molecule has 1 N–H and O–H groups in total. The van der Waals surface area contributed by atoms with E-state index in [4.69, 9.17) is 16.7 Å². The predicted molar refractivity (Wildman–Crippen MR) is 127 cm³/mol. The number of halogens is 1. The maximum absolute atomic E-state index is 12.8. The number of carbonyl (C=O) groups is 1. The number of hydrogen-bond acceptors (Lipinski definition) is 3. The fourth-order valence-corrected chi connectivity index (χ4v) is 3.37. The van der Waals surface area contributed by atoms with Crippen molar-refractivity contribution in [2.24, 2.45) is 0 Å². The highest BCUT2D eigenvalue weighted by Crippen LogP contribution is 2.27. The number of para-hydroxylation sites is 2. The topological polar surface area (TPSA) is 70.7 Å². The van der Waals surface area contributed by atoms with Crippen LogP contribution in [0.2, 0.25) is 5.02 Å². The lowest BCUT2D eigenvalue weighted by Gasteiger charge is -2.07. The zero-order valence-electron chi connectivity index (χ0n) is 17.3. The molecule has 3 aromatic carbocycles. The first-order chi connectivity index (χ1) is 15.5. The molecule has 0 aliphatic rings. The first-order valence-corrected chi connectivity index (χ1v) is 10.3. The molecule has 0 radical (unpaired) electrons. The largest absolute Gasteiger partial charge is 0.321 e. The Labute approximate surface area is 191 Å². The Kier molecular flexibility index (Phi) is 6.16. The second kappa shape index (κ2) is 9.34. The van der Waals surface area contributed by atoms with Crippen LogP contribution in [0.5, 0.6) is 0 Å². The minimum Gasteiger partial charge on any atom is -0.321 e. The molecule has 1 heterocycles. The number of benzene rings is 3. The number of nitrogens with zero attached hydrogens (tertiary/aromatic N) is 3. The zero-order chi connectivity index (χ0) is 22.5. The van der Waals surface area contributed by atoms with Crippen LogP contribution in [0.3, 0.4) is 0 Å². The third kappa shape index (κ3) is 4.61. The lowest BCUT2D eigenvalue weighted by atomic mass is 10.1. The Balaban J connectivity index is 1.76. The number of hydrogen-bond donors (Lipinski definition) is 1. The van der Waals surface area contributed by atoms with Crippen molar-refractivity contribution in [3.05, 3.63) is 107 Å². The van der Waals surface area contributed by atoms with Crippen LogP contribution < -0.4 is 5.32 Å². The highest BCUT2D eigenvalue weighted by molar-refractivity contribution is 6.30. The van der Waals surface area contributed by atoms with Gasteiger partial charge >= 0.3 is 0 Å². The zero-order valence-corrected chi connectivity index (χ0v) is 18.0. The van der Waals surface area contributed by atoms with Crippen molar-refractivity contribution in [3.63, 3.8) is 0 Å². The molecule has 0 atom stereocenters. The van der Waals surface area contributed by atoms with Gasteiger partial charge in [0, 0.05) is 28.0 Å². The summed E-state index contributed by atoms with van der Waals surface area (Å²) in [6.07, 6.45) is 3.36. The van der Waals surface area contributed by atoms with E-state index in [0.717, 1.165) is 16.8 Å². The normalized spacial score (nSPS) is 11.1. The molecule has 0 unspecified atom stereocenters. The first kappa shape index (κ1) is 21.1. The van der Waals surface area contributed by atoms with E-state index in [1.807, 2.05) is 73.7 Å². The predicted octanol–water partition coefficient (Wildman–Crippen LogP) is 6.05. The molecule has 32 heavy (non-hydrogen) atoms. The molecule has 1 amide bonds. The molecule has 0 saturated heterocycles. The van der Waals surface area contributed by atoms with E-state index in [1.54, 1.807) is 35.2 Å². The summed E-state index contributed by atoms with van der Waals surface area (Å²) >= 11 is 6.04. The molecule has 0 saturated carbocycles. The monoisotopic (exact) mass is 438 g/mol. The van der Waals surface area contributed by atoms with E-state index >= 15 is 0 Å². The minimum absolute atomic E-state index is 0.0175. The van der Waals surface area contributed by atoms with Gasteiger partial charge in [0.2, 0.25) is 0 Å². The van der Waals surface area contributed by atoms with Crippen molar-refractivity contribution >= 4 is 29.3 Å². The summed E-state index contributed by atoms with van der Waals surface area (Å²) in [5.41, 5.74) is 4.54. The van der Waals surface area contributed by atoms with Crippen LogP contribution in [0.25, 0.3) is 23.0 Å². The summed E-state index contributed by atoms with van der Waals surface area (Å²) < 4.78 is 1.73. The van der Waals surface area contributed by atoms with Crippen molar-refractivity contribution < 1.29 is 4.79 Å². The number of carbonyl (C=O) groups excluding carboxylic acids is 1. The van der Waals surface area contributed by atoms with Crippen molar-refractivity contribution in [2.45, 2.75) is 6.92 Å². The number of nitrogens with one attached hydrogen (secondary N) is 1. The SMILES string of the molecule is Cc1ccccc1NC(=O)C(C#N)=Cc1cn(-c2ccccc2)nc1-c1ccc(Cl)cc1. The van der Waals surface area contributed by atoms with E-state index in [0.29, 0.717) is 22.0 Å². The Morgan fingerprint density at radius 1 is 1.03 bits per heavy atom. The number of rotatable bonds is 5. The Morgan fingerprint density at radius 2 is 1.72 bits per heavy atom. The highest BCUT2D eigenvalue weighted by Gasteiger charge is 2.16. The van der Waals surface area contributed by atoms with Gasteiger partial charge < -0.3 is 5.32 Å². The van der Waals surface area contributed by atoms with E-state index in [1.165, 1.54) is 0 Å². The van der Waals surface area contributed by atoms with E-state index in [2.05, 4.69) is 5.32 Å². The first-order valence-electron chi connectivity index (χ1n) is 9.95. The van der Waals surface area contributed by atoms with Gasteiger partial charge in [-0.25, -0.2) is 4.68 Å². The molecule has 0 aliphatic carbocycles. The van der Waals surface area contributed by atoms with Crippen LogP contribution in [-0.2, 0) is 4.79 Å². The second-order valence-electron chi connectivity index (χ2n) is 7.16. The van der Waals surface area contributed by atoms with Gasteiger partial charge in [-0.15, -0.1) is 0 Å². The summed E-state index contributed by atoms with van der Waals surface area (Å²) in [6.45, 7) is 1.90. The molecule has 156 valence electrons. The second-order valence-corrected chi connectivity index (χ2v) is 7.60. The molecule has 6 heteroatoms. The molecule has 4 rings (SSSR count). The molecule has 0 spiro atoms. The molecule has 4 aromatic rings. The molecule has 0 bridgehead atoms. The average molecular weight is 439 g/mol. The van der Waals surface area contributed by atoms with Crippen molar-refractivity contribution in [1.29, 1.82) is 5.26 Å². The van der Waals surface area contributed by atoms with Crippen LogP contribution >= 0.6 is 11.6 Å². The van der Waals surface area contributed by atoms with E-state index in [9.17, 15) is 10.1 Å². The summed E-state index contributed by atoms with van der Waals surface area (Å²) in [4.78, 5) is 12.8. The van der Waals surface area contributed by atoms with Crippen molar-refractivity contribution in [3.8, 4) is 23.0 Å². The van der Waals surface area contributed by atoms with Gasteiger partial charge in [0.05, 0.1) is 11.4 Å². The summed E-state index contributed by atoms with van der Waals surface area (Å²) in [5, 5.41) is 17.8. The lowest BCUT2D eigenvalue weighted by Crippen LogP contribution is -2.14. The lowest BCUT2D eigenvalue weighted by molar-refractivity contribution is -0.112. The maximum atomic E-state index is 12.8. The van der Waals surface area contributed by atoms with Gasteiger partial charge in [0.1, 0.15) is 11.6 Å². The molecule has 0 aliphatic heterocycles. The smallest absolute Gasteiger partial charge is 0.266 e. The van der Waals surface area contributed by atoms with E-state index < -0.39 is 5.91 Å². The number of amides is 1. The Bertz CT molecular complexity index is 1330. The Morgan fingerprint density at radius 3 is 2.41 bits per heavy atom.